The summed E-state index contributed by atoms with van der Waals surface area (Å²) in [5.41, 5.74) is 1.44. The SMILES string of the molecule is CCNC(=NCc1ccc(N(C)C)c(F)c1)NCC(C)N1CCOCC1.I. The van der Waals surface area contributed by atoms with E-state index in [-0.39, 0.29) is 29.8 Å². The summed E-state index contributed by atoms with van der Waals surface area (Å²) < 4.78 is 19.5. The standard InChI is InChI=1S/C19H32FN5O.HI/c1-5-21-19(22-13-15(2)25-8-10-26-11-9-25)23-14-16-6-7-18(24(3)4)17(20)12-16;/h6-7,12,15H,5,8-11,13-14H2,1-4H3,(H2,21,22,23);1H. The van der Waals surface area contributed by atoms with Gasteiger partial charge in [-0.3, -0.25) is 4.90 Å². The predicted octanol–water partition coefficient (Wildman–Crippen LogP) is 2.29. The zero-order valence-corrected chi connectivity index (χ0v) is 19.1. The minimum Gasteiger partial charge on any atom is -0.379 e. The molecule has 1 aromatic rings. The highest BCUT2D eigenvalue weighted by atomic mass is 127. The number of anilines is 1. The third-order valence-electron chi connectivity index (χ3n) is 4.49. The van der Waals surface area contributed by atoms with Crippen molar-refractivity contribution in [3.8, 4) is 0 Å². The molecule has 6 nitrogen and oxygen atoms in total. The van der Waals surface area contributed by atoms with Crippen molar-refractivity contribution in [2.75, 3.05) is 58.4 Å². The van der Waals surface area contributed by atoms with E-state index in [4.69, 9.17) is 4.74 Å². The average molecular weight is 493 g/mol. The highest BCUT2D eigenvalue weighted by molar-refractivity contribution is 14.0. The zero-order valence-electron chi connectivity index (χ0n) is 16.8. The molecule has 0 radical (unpaired) electrons. The number of nitrogens with zero attached hydrogens (tertiary/aromatic N) is 3. The van der Waals surface area contributed by atoms with E-state index in [0.717, 1.165) is 50.9 Å². The molecule has 2 N–H and O–H groups in total. The third-order valence-corrected chi connectivity index (χ3v) is 4.49. The van der Waals surface area contributed by atoms with Gasteiger partial charge >= 0.3 is 0 Å². The van der Waals surface area contributed by atoms with Crippen molar-refractivity contribution in [3.05, 3.63) is 29.6 Å². The van der Waals surface area contributed by atoms with Crippen molar-refractivity contribution < 1.29 is 9.13 Å². The van der Waals surface area contributed by atoms with Gasteiger partial charge in [0.1, 0.15) is 5.82 Å². The minimum absolute atomic E-state index is 0. The fourth-order valence-electron chi connectivity index (χ4n) is 2.92. The number of hydrogen-bond donors (Lipinski definition) is 2. The van der Waals surface area contributed by atoms with Crippen molar-refractivity contribution in [1.29, 1.82) is 0 Å². The van der Waals surface area contributed by atoms with Crippen molar-refractivity contribution in [2.45, 2.75) is 26.4 Å². The monoisotopic (exact) mass is 493 g/mol. The molecule has 0 aromatic heterocycles. The lowest BCUT2D eigenvalue weighted by Crippen LogP contribution is -2.49. The van der Waals surface area contributed by atoms with Gasteiger partial charge in [-0.25, -0.2) is 9.38 Å². The van der Waals surface area contributed by atoms with Crippen LogP contribution in [0.3, 0.4) is 0 Å². The quantitative estimate of drug-likeness (QED) is 0.347. The summed E-state index contributed by atoms with van der Waals surface area (Å²) in [6, 6.07) is 5.67. The van der Waals surface area contributed by atoms with Gasteiger partial charge < -0.3 is 20.3 Å². The van der Waals surface area contributed by atoms with Crippen LogP contribution in [0.1, 0.15) is 19.4 Å². The number of benzene rings is 1. The molecule has 1 aromatic carbocycles. The van der Waals surface area contributed by atoms with Crippen molar-refractivity contribution in [2.24, 2.45) is 4.99 Å². The molecule has 0 bridgehead atoms. The lowest BCUT2D eigenvalue weighted by Gasteiger charge is -2.32. The molecule has 0 spiro atoms. The lowest BCUT2D eigenvalue weighted by molar-refractivity contribution is 0.0211. The molecule has 0 saturated carbocycles. The second-order valence-corrected chi connectivity index (χ2v) is 6.75. The predicted molar refractivity (Wildman–Crippen MR) is 121 cm³/mol. The van der Waals surface area contributed by atoms with Gasteiger partial charge in [0.15, 0.2) is 5.96 Å². The van der Waals surface area contributed by atoms with Gasteiger partial charge in [0.05, 0.1) is 25.4 Å². The number of nitrogens with one attached hydrogen (secondary N) is 2. The maximum absolute atomic E-state index is 14.1. The Morgan fingerprint density at radius 1 is 1.30 bits per heavy atom. The Morgan fingerprint density at radius 2 is 2.00 bits per heavy atom. The van der Waals surface area contributed by atoms with Crippen molar-refractivity contribution in [3.63, 3.8) is 0 Å². The molecular formula is C19H33FIN5O. The Labute approximate surface area is 179 Å². The second-order valence-electron chi connectivity index (χ2n) is 6.75. The normalized spacial score (nSPS) is 16.4. The molecule has 154 valence electrons. The fourth-order valence-corrected chi connectivity index (χ4v) is 2.92. The molecule has 2 rings (SSSR count). The van der Waals surface area contributed by atoms with Gasteiger partial charge in [0, 0.05) is 46.3 Å². The first-order chi connectivity index (χ1) is 12.5. The number of morpholine rings is 1. The van der Waals surface area contributed by atoms with E-state index in [2.05, 4.69) is 27.4 Å². The smallest absolute Gasteiger partial charge is 0.191 e. The van der Waals surface area contributed by atoms with Gasteiger partial charge in [-0.2, -0.15) is 0 Å². The number of halogens is 2. The van der Waals surface area contributed by atoms with Gasteiger partial charge in [0.25, 0.3) is 0 Å². The van der Waals surface area contributed by atoms with Crippen molar-refractivity contribution in [1.82, 2.24) is 15.5 Å². The molecule has 1 aliphatic rings. The summed E-state index contributed by atoms with van der Waals surface area (Å²) in [4.78, 5) is 8.76. The maximum atomic E-state index is 14.1. The number of rotatable bonds is 7. The zero-order chi connectivity index (χ0) is 18.9. The molecule has 0 amide bonds. The second kappa shape index (κ2) is 12.4. The molecule has 1 unspecified atom stereocenters. The molecule has 27 heavy (non-hydrogen) atoms. The van der Waals surface area contributed by atoms with Crippen LogP contribution in [0.15, 0.2) is 23.2 Å². The van der Waals surface area contributed by atoms with E-state index in [0.29, 0.717) is 18.3 Å². The van der Waals surface area contributed by atoms with E-state index in [1.165, 1.54) is 0 Å². The molecule has 1 heterocycles. The van der Waals surface area contributed by atoms with Gasteiger partial charge in [-0.15, -0.1) is 24.0 Å². The first-order valence-corrected chi connectivity index (χ1v) is 9.31. The fraction of sp³-hybridized carbons (Fsp3) is 0.632. The lowest BCUT2D eigenvalue weighted by atomic mass is 10.2. The minimum atomic E-state index is -0.221. The highest BCUT2D eigenvalue weighted by Gasteiger charge is 2.17. The van der Waals surface area contributed by atoms with Crippen LogP contribution in [0, 0.1) is 5.82 Å². The van der Waals surface area contributed by atoms with Crippen LogP contribution in [0.4, 0.5) is 10.1 Å². The van der Waals surface area contributed by atoms with E-state index < -0.39 is 0 Å². The topological polar surface area (TPSA) is 52.1 Å². The number of guanidine groups is 1. The maximum Gasteiger partial charge on any atom is 0.191 e. The van der Waals surface area contributed by atoms with Crippen LogP contribution < -0.4 is 15.5 Å². The highest BCUT2D eigenvalue weighted by Crippen LogP contribution is 2.18. The summed E-state index contributed by atoms with van der Waals surface area (Å²) in [6.07, 6.45) is 0. The summed E-state index contributed by atoms with van der Waals surface area (Å²) in [6.45, 7) is 9.80. The van der Waals surface area contributed by atoms with Crippen LogP contribution in [-0.2, 0) is 11.3 Å². The Kier molecular flexibility index (Phi) is 10.9. The summed E-state index contributed by atoms with van der Waals surface area (Å²) >= 11 is 0. The number of hydrogen-bond acceptors (Lipinski definition) is 4. The summed E-state index contributed by atoms with van der Waals surface area (Å²) in [5.74, 6) is 0.534. The Bertz CT molecular complexity index is 593. The molecule has 1 aliphatic heterocycles. The van der Waals surface area contributed by atoms with Crippen LogP contribution in [0.2, 0.25) is 0 Å². The van der Waals surface area contributed by atoms with Crippen LogP contribution in [0.5, 0.6) is 0 Å². The molecule has 1 saturated heterocycles. The molecule has 1 atom stereocenters. The number of aliphatic imine (C=N–C) groups is 1. The first-order valence-electron chi connectivity index (χ1n) is 9.31. The van der Waals surface area contributed by atoms with E-state index >= 15 is 0 Å². The first kappa shape index (κ1) is 23.9. The average Bonchev–Trinajstić information content (AvgIpc) is 2.64. The Morgan fingerprint density at radius 3 is 2.59 bits per heavy atom. The van der Waals surface area contributed by atoms with Crippen LogP contribution in [0.25, 0.3) is 0 Å². The summed E-state index contributed by atoms with van der Waals surface area (Å²) in [5, 5.41) is 6.64. The number of ether oxygens (including phenoxy) is 1. The van der Waals surface area contributed by atoms with Gasteiger partial charge in [-0.05, 0) is 31.5 Å². The summed E-state index contributed by atoms with van der Waals surface area (Å²) in [7, 11) is 3.66. The Balaban J connectivity index is 0.00000364. The Hall–Kier alpha value is -1.13. The van der Waals surface area contributed by atoms with Gasteiger partial charge in [-0.1, -0.05) is 6.07 Å². The van der Waals surface area contributed by atoms with Crippen LogP contribution >= 0.6 is 24.0 Å². The molecular weight excluding hydrogens is 460 g/mol. The van der Waals surface area contributed by atoms with Crippen LogP contribution in [-0.4, -0.2) is 70.4 Å². The van der Waals surface area contributed by atoms with Gasteiger partial charge in [0.2, 0.25) is 0 Å². The van der Waals surface area contributed by atoms with E-state index in [1.54, 1.807) is 17.0 Å². The molecule has 1 fully saturated rings. The third kappa shape index (κ3) is 7.79. The largest absolute Gasteiger partial charge is 0.379 e. The van der Waals surface area contributed by atoms with E-state index in [1.807, 2.05) is 27.1 Å². The molecule has 0 aliphatic carbocycles. The van der Waals surface area contributed by atoms with Crippen molar-refractivity contribution >= 4 is 35.6 Å². The van der Waals surface area contributed by atoms with E-state index in [9.17, 15) is 4.39 Å². The molecule has 8 heteroatoms.